The first kappa shape index (κ1) is 25.5. The normalized spacial score (nSPS) is 24.2. The number of benzene rings is 1. The molecule has 2 aliphatic rings. The highest BCUT2D eigenvalue weighted by molar-refractivity contribution is 5.69. The van der Waals surface area contributed by atoms with E-state index in [0.717, 1.165) is 47.3 Å². The topological polar surface area (TPSA) is 93.7 Å². The smallest absolute Gasteiger partial charge is 0.204 e. The van der Waals surface area contributed by atoms with Crippen molar-refractivity contribution in [1.82, 2.24) is 30.5 Å². The van der Waals surface area contributed by atoms with Gasteiger partial charge in [-0.05, 0) is 59.7 Å². The lowest BCUT2D eigenvalue weighted by molar-refractivity contribution is -0.860. The van der Waals surface area contributed by atoms with Gasteiger partial charge < -0.3 is 14.8 Å². The summed E-state index contributed by atoms with van der Waals surface area (Å²) in [6.07, 6.45) is 14.6. The molecule has 3 heterocycles. The number of hydrogen-bond donors (Lipinski definition) is 1. The molecule has 2 aromatic heterocycles. The monoisotopic (exact) mass is 501 g/mol. The Morgan fingerprint density at radius 1 is 1.05 bits per heavy atom. The quantitative estimate of drug-likeness (QED) is 0.207. The molecule has 1 saturated carbocycles. The minimum absolute atomic E-state index is 0.313. The number of H-pyrrole nitrogens is 1. The van der Waals surface area contributed by atoms with Crippen molar-refractivity contribution in [2.24, 2.45) is 5.92 Å². The molecule has 3 unspecified atom stereocenters. The Morgan fingerprint density at radius 2 is 1.89 bits per heavy atom. The number of nitrogens with one attached hydrogen (secondary N) is 1. The molecule has 8 heteroatoms. The fourth-order valence-corrected chi connectivity index (χ4v) is 6.08. The number of hydrogen-bond acceptors (Lipinski definition) is 6. The van der Waals surface area contributed by atoms with E-state index in [2.05, 4.69) is 62.7 Å². The van der Waals surface area contributed by atoms with Crippen molar-refractivity contribution in [1.29, 1.82) is 0 Å². The maximum Gasteiger partial charge on any atom is 0.204 e. The second-order valence-electron chi connectivity index (χ2n) is 10.7. The standard InChI is InChI=1S/C29H39N7O/c1-3-5-13-27-19-35(28-14-8-6-7-10-22(28)4-2)21-36(27,37)20-26-18-24(15-16-30-26)23-11-9-12-25(17-23)29-31-33-34-32-29/h9,11-12,15-19,22,28H,3-8,10,13-14,20-21H2,1-2H3,(H,31,32,33,34). The highest BCUT2D eigenvalue weighted by atomic mass is 16.6. The average Bonchev–Trinajstić information content (AvgIpc) is 3.49. The van der Waals surface area contributed by atoms with Crippen LogP contribution < -0.4 is 0 Å². The summed E-state index contributed by atoms with van der Waals surface area (Å²) in [6, 6.07) is 12.6. The van der Waals surface area contributed by atoms with E-state index in [1.54, 1.807) is 0 Å². The molecule has 196 valence electrons. The molecule has 0 radical (unpaired) electrons. The molecular formula is C29H39N7O. The molecule has 0 bridgehead atoms. The molecule has 3 atom stereocenters. The summed E-state index contributed by atoms with van der Waals surface area (Å²) in [5.74, 6) is 1.23. The molecule has 1 aliphatic heterocycles. The SMILES string of the molecule is CCCCC1=CN(C2CCCCCC2CC)C[N+]1([O-])Cc1cc(-c2cccc(-c3nn[nH]n3)c2)ccn1. The molecule has 0 saturated heterocycles. The predicted octanol–water partition coefficient (Wildman–Crippen LogP) is 6.41. The molecule has 1 aliphatic carbocycles. The van der Waals surface area contributed by atoms with Gasteiger partial charge >= 0.3 is 0 Å². The summed E-state index contributed by atoms with van der Waals surface area (Å²) >= 11 is 0. The molecule has 0 amide bonds. The summed E-state index contributed by atoms with van der Waals surface area (Å²) < 4.78 is -0.313. The van der Waals surface area contributed by atoms with Crippen LogP contribution in [0.25, 0.3) is 22.5 Å². The van der Waals surface area contributed by atoms with Gasteiger partial charge in [-0.3, -0.25) is 4.98 Å². The van der Waals surface area contributed by atoms with Crippen LogP contribution in [0.5, 0.6) is 0 Å². The van der Waals surface area contributed by atoms with Crippen LogP contribution in [0.1, 0.15) is 77.3 Å². The maximum absolute atomic E-state index is 14.5. The minimum atomic E-state index is -0.313. The number of aromatic amines is 1. The van der Waals surface area contributed by atoms with Crippen LogP contribution >= 0.6 is 0 Å². The molecule has 1 N–H and O–H groups in total. The van der Waals surface area contributed by atoms with Gasteiger partial charge in [0.1, 0.15) is 12.2 Å². The first-order chi connectivity index (χ1) is 18.1. The zero-order valence-electron chi connectivity index (χ0n) is 22.1. The second-order valence-corrected chi connectivity index (χ2v) is 10.7. The number of aromatic nitrogens is 5. The van der Waals surface area contributed by atoms with E-state index in [9.17, 15) is 5.21 Å². The fraction of sp³-hybridized carbons (Fsp3) is 0.517. The van der Waals surface area contributed by atoms with Gasteiger partial charge in [0.05, 0.1) is 11.9 Å². The number of pyridine rings is 1. The summed E-state index contributed by atoms with van der Waals surface area (Å²) in [7, 11) is 0. The first-order valence-electron chi connectivity index (χ1n) is 13.9. The van der Waals surface area contributed by atoms with Crippen LogP contribution in [-0.4, -0.2) is 47.9 Å². The number of allylic oxidation sites excluding steroid dienone is 1. The molecule has 1 fully saturated rings. The lowest BCUT2D eigenvalue weighted by Gasteiger charge is -2.42. The van der Waals surface area contributed by atoms with Gasteiger partial charge in [-0.15, -0.1) is 10.2 Å². The molecule has 8 nitrogen and oxygen atoms in total. The highest BCUT2D eigenvalue weighted by Gasteiger charge is 2.38. The second kappa shape index (κ2) is 11.5. The zero-order valence-corrected chi connectivity index (χ0v) is 22.1. The summed E-state index contributed by atoms with van der Waals surface area (Å²) in [5, 5.41) is 28.8. The molecule has 3 aromatic rings. The number of hydroxylamine groups is 3. The average molecular weight is 502 g/mol. The number of quaternary nitrogens is 1. The lowest BCUT2D eigenvalue weighted by Crippen LogP contribution is -2.46. The van der Waals surface area contributed by atoms with E-state index in [0.29, 0.717) is 31.0 Å². The lowest BCUT2D eigenvalue weighted by atomic mass is 9.91. The van der Waals surface area contributed by atoms with Crippen LogP contribution in [0.4, 0.5) is 0 Å². The van der Waals surface area contributed by atoms with Crippen molar-refractivity contribution < 1.29 is 4.65 Å². The van der Waals surface area contributed by atoms with Gasteiger partial charge in [-0.25, -0.2) is 0 Å². The number of rotatable bonds is 9. The van der Waals surface area contributed by atoms with Crippen molar-refractivity contribution in [2.45, 2.75) is 84.2 Å². The zero-order chi connectivity index (χ0) is 25.7. The third kappa shape index (κ3) is 5.75. The van der Waals surface area contributed by atoms with Crippen molar-refractivity contribution in [3.05, 3.63) is 65.4 Å². The van der Waals surface area contributed by atoms with Crippen molar-refractivity contribution in [2.75, 3.05) is 6.67 Å². The Morgan fingerprint density at radius 3 is 2.70 bits per heavy atom. The molecule has 1 aromatic carbocycles. The third-order valence-corrected chi connectivity index (χ3v) is 8.12. The minimum Gasteiger partial charge on any atom is -0.626 e. The van der Waals surface area contributed by atoms with Crippen LogP contribution in [0.2, 0.25) is 0 Å². The predicted molar refractivity (Wildman–Crippen MR) is 145 cm³/mol. The van der Waals surface area contributed by atoms with Gasteiger partial charge in [0, 0.05) is 24.2 Å². The summed E-state index contributed by atoms with van der Waals surface area (Å²) in [5.41, 5.74) is 4.80. The third-order valence-electron chi connectivity index (χ3n) is 8.12. The molecule has 0 spiro atoms. The molecule has 37 heavy (non-hydrogen) atoms. The van der Waals surface area contributed by atoms with Gasteiger partial charge in [-0.2, -0.15) is 5.21 Å². The Labute approximate surface area is 220 Å². The fourth-order valence-electron chi connectivity index (χ4n) is 6.08. The van der Waals surface area contributed by atoms with E-state index < -0.39 is 0 Å². The maximum atomic E-state index is 14.5. The number of unbranched alkanes of at least 4 members (excludes halogenated alkanes) is 1. The Hall–Kier alpha value is -3.10. The molecule has 5 rings (SSSR count). The Balaban J connectivity index is 1.39. The van der Waals surface area contributed by atoms with Crippen LogP contribution in [-0.2, 0) is 6.54 Å². The van der Waals surface area contributed by atoms with Gasteiger partial charge in [-0.1, -0.05) is 64.2 Å². The highest BCUT2D eigenvalue weighted by Crippen LogP contribution is 2.38. The van der Waals surface area contributed by atoms with E-state index in [1.165, 1.54) is 38.5 Å². The molecular weight excluding hydrogens is 462 g/mol. The van der Waals surface area contributed by atoms with Crippen molar-refractivity contribution in [3.63, 3.8) is 0 Å². The van der Waals surface area contributed by atoms with Gasteiger partial charge in [0.15, 0.2) is 6.67 Å². The van der Waals surface area contributed by atoms with Crippen LogP contribution in [0.15, 0.2) is 54.5 Å². The van der Waals surface area contributed by atoms with E-state index in [-0.39, 0.29) is 4.65 Å². The first-order valence-corrected chi connectivity index (χ1v) is 13.9. The van der Waals surface area contributed by atoms with Crippen LogP contribution in [0, 0.1) is 11.1 Å². The Kier molecular flexibility index (Phi) is 7.96. The van der Waals surface area contributed by atoms with Crippen molar-refractivity contribution in [3.8, 4) is 22.5 Å². The van der Waals surface area contributed by atoms with E-state index >= 15 is 0 Å². The van der Waals surface area contributed by atoms with E-state index in [4.69, 9.17) is 0 Å². The summed E-state index contributed by atoms with van der Waals surface area (Å²) in [4.78, 5) is 7.06. The number of nitrogens with zero attached hydrogens (tertiary/aromatic N) is 6. The largest absolute Gasteiger partial charge is 0.626 e. The van der Waals surface area contributed by atoms with E-state index in [1.807, 2.05) is 30.5 Å². The van der Waals surface area contributed by atoms with Crippen molar-refractivity contribution >= 4 is 0 Å². The van der Waals surface area contributed by atoms with Crippen LogP contribution in [0.3, 0.4) is 0 Å². The number of tetrazole rings is 1. The summed E-state index contributed by atoms with van der Waals surface area (Å²) in [6.45, 7) is 5.36. The van der Waals surface area contributed by atoms with Gasteiger partial charge in [0.25, 0.3) is 0 Å². The van der Waals surface area contributed by atoms with Gasteiger partial charge in [0.2, 0.25) is 5.82 Å². The Bertz CT molecular complexity index is 1190.